The first-order valence-corrected chi connectivity index (χ1v) is 4.54. The fourth-order valence-corrected chi connectivity index (χ4v) is 1.47. The van der Waals surface area contributed by atoms with Gasteiger partial charge in [0.2, 0.25) is 0 Å². The first-order valence-electron chi connectivity index (χ1n) is 4.54. The maximum atomic E-state index is 12.9. The van der Waals surface area contributed by atoms with Crippen LogP contribution in [-0.4, -0.2) is 16.2 Å². The van der Waals surface area contributed by atoms with E-state index >= 15 is 0 Å². The molecular weight excluding hydrogens is 213 g/mol. The summed E-state index contributed by atoms with van der Waals surface area (Å²) in [5, 5.41) is 12.3. The Hall–Kier alpha value is -2.17. The number of halogens is 1. The molecule has 2 aromatic rings. The Kier molecular flexibility index (Phi) is 2.44. The maximum absolute atomic E-state index is 12.9. The van der Waals surface area contributed by atoms with Gasteiger partial charge in [-0.25, -0.2) is 9.18 Å². The molecule has 0 spiro atoms. The van der Waals surface area contributed by atoms with Crippen LogP contribution in [0.3, 0.4) is 0 Å². The highest BCUT2D eigenvalue weighted by molar-refractivity contribution is 5.94. The van der Waals surface area contributed by atoms with Gasteiger partial charge < -0.3 is 9.63 Å². The minimum Gasteiger partial charge on any atom is -0.477 e. The third-order valence-electron chi connectivity index (χ3n) is 2.23. The number of carbonyl (C=O) groups is 1. The van der Waals surface area contributed by atoms with E-state index in [1.807, 2.05) is 0 Å². The lowest BCUT2D eigenvalue weighted by atomic mass is 10.0. The molecule has 0 bridgehead atoms. The Morgan fingerprint density at radius 1 is 1.50 bits per heavy atom. The predicted molar refractivity (Wildman–Crippen MR) is 53.6 cm³/mol. The molecule has 0 fully saturated rings. The Balaban J connectivity index is 2.59. The third-order valence-corrected chi connectivity index (χ3v) is 2.23. The van der Waals surface area contributed by atoms with Gasteiger partial charge in [-0.05, 0) is 30.7 Å². The van der Waals surface area contributed by atoms with Gasteiger partial charge in [-0.15, -0.1) is 0 Å². The summed E-state index contributed by atoms with van der Waals surface area (Å²) in [7, 11) is 0. The second kappa shape index (κ2) is 3.77. The molecule has 1 N–H and O–H groups in total. The van der Waals surface area contributed by atoms with Crippen LogP contribution in [0.25, 0.3) is 11.3 Å². The monoisotopic (exact) mass is 221 g/mol. The number of rotatable bonds is 2. The van der Waals surface area contributed by atoms with Crippen molar-refractivity contribution in [2.75, 3.05) is 0 Å². The number of aryl methyl sites for hydroxylation is 1. The molecule has 0 aliphatic carbocycles. The lowest BCUT2D eigenvalue weighted by Gasteiger charge is -2.02. The van der Waals surface area contributed by atoms with E-state index in [0.717, 1.165) is 6.20 Å². The Morgan fingerprint density at radius 3 is 2.88 bits per heavy atom. The summed E-state index contributed by atoms with van der Waals surface area (Å²) in [6, 6.07) is 4.03. The zero-order valence-electron chi connectivity index (χ0n) is 8.40. The second-order valence-corrected chi connectivity index (χ2v) is 3.33. The van der Waals surface area contributed by atoms with E-state index in [-0.39, 0.29) is 17.1 Å². The van der Waals surface area contributed by atoms with E-state index in [9.17, 15) is 9.18 Å². The van der Waals surface area contributed by atoms with E-state index in [1.165, 1.54) is 18.2 Å². The van der Waals surface area contributed by atoms with Crippen LogP contribution < -0.4 is 0 Å². The molecule has 1 aromatic heterocycles. The van der Waals surface area contributed by atoms with Crippen LogP contribution in [0, 0.1) is 12.7 Å². The number of aromatic nitrogens is 1. The number of hydrogen-bond donors (Lipinski definition) is 1. The summed E-state index contributed by atoms with van der Waals surface area (Å²) in [5.41, 5.74) is 1.09. The smallest absolute Gasteiger partial charge is 0.341 e. The van der Waals surface area contributed by atoms with E-state index in [0.29, 0.717) is 11.1 Å². The van der Waals surface area contributed by atoms with E-state index in [1.54, 1.807) is 6.92 Å². The van der Waals surface area contributed by atoms with Gasteiger partial charge in [-0.3, -0.25) is 0 Å². The van der Waals surface area contributed by atoms with Gasteiger partial charge in [0, 0.05) is 5.56 Å². The highest BCUT2D eigenvalue weighted by Gasteiger charge is 2.18. The Bertz CT molecular complexity index is 548. The summed E-state index contributed by atoms with van der Waals surface area (Å²) in [6.45, 7) is 1.67. The number of carboxylic acid groups (broad SMARTS) is 1. The fraction of sp³-hybridized carbons (Fsp3) is 0.0909. The van der Waals surface area contributed by atoms with Gasteiger partial charge >= 0.3 is 5.97 Å². The minimum absolute atomic E-state index is 0.0327. The molecule has 0 radical (unpaired) electrons. The second-order valence-electron chi connectivity index (χ2n) is 3.33. The summed E-state index contributed by atoms with van der Waals surface area (Å²) < 4.78 is 17.8. The van der Waals surface area contributed by atoms with Gasteiger partial charge in [0.15, 0.2) is 5.76 Å². The number of aromatic carboxylic acids is 1. The van der Waals surface area contributed by atoms with Crippen molar-refractivity contribution < 1.29 is 18.8 Å². The molecule has 1 heterocycles. The van der Waals surface area contributed by atoms with Crippen LogP contribution >= 0.6 is 0 Å². The minimum atomic E-state index is -1.13. The molecule has 0 unspecified atom stereocenters. The lowest BCUT2D eigenvalue weighted by molar-refractivity contribution is 0.0697. The van der Waals surface area contributed by atoms with Crippen molar-refractivity contribution in [1.82, 2.24) is 5.16 Å². The van der Waals surface area contributed by atoms with Crippen molar-refractivity contribution in [2.24, 2.45) is 0 Å². The molecule has 0 saturated carbocycles. The molecule has 0 amide bonds. The van der Waals surface area contributed by atoms with Gasteiger partial charge in [0.05, 0.1) is 6.20 Å². The van der Waals surface area contributed by atoms with Gasteiger partial charge in [0.25, 0.3) is 0 Å². The molecule has 82 valence electrons. The Morgan fingerprint density at radius 2 is 2.25 bits per heavy atom. The number of hydrogen-bond acceptors (Lipinski definition) is 3. The number of nitrogens with zero attached hydrogens (tertiary/aromatic N) is 1. The van der Waals surface area contributed by atoms with Gasteiger partial charge in [0.1, 0.15) is 11.4 Å². The van der Waals surface area contributed by atoms with Gasteiger partial charge in [-0.2, -0.15) is 0 Å². The molecule has 16 heavy (non-hydrogen) atoms. The quantitative estimate of drug-likeness (QED) is 0.846. The molecule has 0 saturated heterocycles. The van der Waals surface area contributed by atoms with Crippen molar-refractivity contribution in [3.05, 3.63) is 41.3 Å². The normalized spacial score (nSPS) is 10.4. The summed E-state index contributed by atoms with van der Waals surface area (Å²) in [6.07, 6.45) is 1.13. The van der Waals surface area contributed by atoms with E-state index < -0.39 is 5.97 Å². The zero-order chi connectivity index (χ0) is 11.7. The average Bonchev–Trinajstić information content (AvgIpc) is 2.66. The summed E-state index contributed by atoms with van der Waals surface area (Å²) >= 11 is 0. The average molecular weight is 221 g/mol. The first kappa shape index (κ1) is 10.4. The highest BCUT2D eigenvalue weighted by atomic mass is 19.1. The highest BCUT2D eigenvalue weighted by Crippen LogP contribution is 2.27. The van der Waals surface area contributed by atoms with Crippen molar-refractivity contribution in [1.29, 1.82) is 0 Å². The van der Waals surface area contributed by atoms with Gasteiger partial charge in [-0.1, -0.05) is 5.16 Å². The van der Waals surface area contributed by atoms with Crippen LogP contribution in [0.1, 0.15) is 15.9 Å². The molecule has 2 rings (SSSR count). The molecule has 1 aromatic carbocycles. The summed E-state index contributed by atoms with van der Waals surface area (Å²) in [4.78, 5) is 10.9. The van der Waals surface area contributed by atoms with E-state index in [4.69, 9.17) is 9.63 Å². The largest absolute Gasteiger partial charge is 0.477 e. The fourth-order valence-electron chi connectivity index (χ4n) is 1.47. The van der Waals surface area contributed by atoms with E-state index in [2.05, 4.69) is 5.16 Å². The Labute approximate surface area is 90.3 Å². The maximum Gasteiger partial charge on any atom is 0.341 e. The molecular formula is C11H8FNO3. The third kappa shape index (κ3) is 1.67. The molecule has 4 nitrogen and oxygen atoms in total. The predicted octanol–water partition coefficient (Wildman–Crippen LogP) is 2.49. The standard InChI is InChI=1S/C11H8FNO3/c1-6-4-7(12)2-3-8(6)10-9(11(14)15)5-13-16-10/h2-5H,1H3,(H,14,15). The van der Waals surface area contributed by atoms with Crippen molar-refractivity contribution in [3.8, 4) is 11.3 Å². The molecule has 0 atom stereocenters. The van der Waals surface area contributed by atoms with Crippen molar-refractivity contribution in [3.63, 3.8) is 0 Å². The van der Waals surface area contributed by atoms with Crippen LogP contribution in [0.4, 0.5) is 4.39 Å². The molecule has 0 aliphatic heterocycles. The van der Waals surface area contributed by atoms with Crippen molar-refractivity contribution in [2.45, 2.75) is 6.92 Å². The molecule has 5 heteroatoms. The van der Waals surface area contributed by atoms with Crippen LogP contribution in [0.15, 0.2) is 28.9 Å². The van der Waals surface area contributed by atoms with Crippen LogP contribution in [-0.2, 0) is 0 Å². The van der Waals surface area contributed by atoms with Crippen LogP contribution in [0.2, 0.25) is 0 Å². The summed E-state index contributed by atoms with van der Waals surface area (Å²) in [5.74, 6) is -1.36. The zero-order valence-corrected chi connectivity index (χ0v) is 8.40. The lowest BCUT2D eigenvalue weighted by Crippen LogP contribution is -1.97. The van der Waals surface area contributed by atoms with Crippen molar-refractivity contribution >= 4 is 5.97 Å². The number of benzene rings is 1. The topological polar surface area (TPSA) is 63.3 Å². The SMILES string of the molecule is Cc1cc(F)ccc1-c1oncc1C(=O)O. The first-order chi connectivity index (χ1) is 7.59. The van der Waals surface area contributed by atoms with Crippen LogP contribution in [0.5, 0.6) is 0 Å². The molecule has 0 aliphatic rings. The number of carboxylic acids is 1.